The topological polar surface area (TPSA) is 61.8 Å². The molecule has 2 saturated carbocycles. The fourth-order valence-corrected chi connectivity index (χ4v) is 3.86. The lowest BCUT2D eigenvalue weighted by Crippen LogP contribution is -2.42. The predicted octanol–water partition coefficient (Wildman–Crippen LogP) is 0.372. The minimum Gasteiger partial charge on any atom is -0.466 e. The van der Waals surface area contributed by atoms with Gasteiger partial charge in [0.05, 0.1) is 24.5 Å². The molecule has 0 aromatic rings. The SMILES string of the molecule is CCOC(=O)C1C2CC3C(OC(=O)C31)C2OC. The van der Waals surface area contributed by atoms with Crippen molar-refractivity contribution in [2.24, 2.45) is 23.7 Å². The van der Waals surface area contributed by atoms with Crippen molar-refractivity contribution in [3.05, 3.63) is 0 Å². The van der Waals surface area contributed by atoms with Crippen molar-refractivity contribution >= 4 is 11.9 Å². The molecule has 3 aliphatic rings. The maximum absolute atomic E-state index is 11.9. The fraction of sp³-hybridized carbons (Fsp3) is 0.833. The van der Waals surface area contributed by atoms with E-state index in [0.29, 0.717) is 6.61 Å². The molecule has 0 aromatic carbocycles. The molecule has 1 saturated heterocycles. The van der Waals surface area contributed by atoms with Gasteiger partial charge in [-0.25, -0.2) is 0 Å². The van der Waals surface area contributed by atoms with Crippen molar-refractivity contribution in [1.29, 1.82) is 0 Å². The van der Waals surface area contributed by atoms with E-state index in [0.717, 1.165) is 6.42 Å². The summed E-state index contributed by atoms with van der Waals surface area (Å²) >= 11 is 0. The van der Waals surface area contributed by atoms with Gasteiger partial charge in [-0.05, 0) is 13.3 Å². The van der Waals surface area contributed by atoms with Crippen LogP contribution in [0, 0.1) is 23.7 Å². The largest absolute Gasteiger partial charge is 0.466 e. The number of hydrogen-bond acceptors (Lipinski definition) is 5. The average molecular weight is 240 g/mol. The van der Waals surface area contributed by atoms with Gasteiger partial charge < -0.3 is 14.2 Å². The molecular formula is C12H16O5. The molecule has 2 bridgehead atoms. The summed E-state index contributed by atoms with van der Waals surface area (Å²) in [6, 6.07) is 0. The van der Waals surface area contributed by atoms with Gasteiger partial charge in [0.2, 0.25) is 0 Å². The predicted molar refractivity (Wildman–Crippen MR) is 55.9 cm³/mol. The molecule has 6 atom stereocenters. The number of rotatable bonds is 3. The maximum atomic E-state index is 11.9. The van der Waals surface area contributed by atoms with Crippen LogP contribution >= 0.6 is 0 Å². The Labute approximate surface area is 99.4 Å². The van der Waals surface area contributed by atoms with Crippen molar-refractivity contribution in [3.63, 3.8) is 0 Å². The molecule has 0 radical (unpaired) electrons. The Morgan fingerprint density at radius 1 is 1.47 bits per heavy atom. The van der Waals surface area contributed by atoms with E-state index in [4.69, 9.17) is 14.2 Å². The van der Waals surface area contributed by atoms with E-state index in [1.807, 2.05) is 0 Å². The minimum atomic E-state index is -0.365. The lowest BCUT2D eigenvalue weighted by Gasteiger charge is -2.29. The Morgan fingerprint density at radius 2 is 2.24 bits per heavy atom. The molecule has 0 spiro atoms. The van der Waals surface area contributed by atoms with E-state index in [1.165, 1.54) is 0 Å². The summed E-state index contributed by atoms with van der Waals surface area (Å²) in [5, 5.41) is 0. The van der Waals surface area contributed by atoms with Gasteiger partial charge in [0.25, 0.3) is 0 Å². The zero-order valence-corrected chi connectivity index (χ0v) is 9.92. The van der Waals surface area contributed by atoms with Crippen LogP contribution in [-0.4, -0.2) is 37.9 Å². The molecule has 0 amide bonds. The van der Waals surface area contributed by atoms with Gasteiger partial charge in [-0.3, -0.25) is 9.59 Å². The first-order valence-corrected chi connectivity index (χ1v) is 6.09. The van der Waals surface area contributed by atoms with Gasteiger partial charge >= 0.3 is 11.9 Å². The lowest BCUT2D eigenvalue weighted by molar-refractivity contribution is -0.156. The van der Waals surface area contributed by atoms with E-state index in [1.54, 1.807) is 14.0 Å². The zero-order chi connectivity index (χ0) is 12.2. The molecule has 0 N–H and O–H groups in total. The smallest absolute Gasteiger partial charge is 0.310 e. The van der Waals surface area contributed by atoms with Crippen LogP contribution in [0.3, 0.4) is 0 Å². The number of carbonyl (C=O) groups is 2. The summed E-state index contributed by atoms with van der Waals surface area (Å²) in [4.78, 5) is 23.7. The van der Waals surface area contributed by atoms with Crippen LogP contribution in [0.25, 0.3) is 0 Å². The molecular weight excluding hydrogens is 224 g/mol. The monoisotopic (exact) mass is 240 g/mol. The van der Waals surface area contributed by atoms with E-state index < -0.39 is 0 Å². The van der Waals surface area contributed by atoms with Gasteiger partial charge in [-0.1, -0.05) is 0 Å². The number of methoxy groups -OCH3 is 1. The van der Waals surface area contributed by atoms with Crippen LogP contribution in [0.15, 0.2) is 0 Å². The van der Waals surface area contributed by atoms with Gasteiger partial charge in [-0.15, -0.1) is 0 Å². The standard InChI is InChI=1S/C12H16O5/c1-3-16-11(13)7-5-4-6-8(7)12(14)17-10(6)9(5)15-2/h5-10H,3-4H2,1-2H3. The highest BCUT2D eigenvalue weighted by atomic mass is 16.6. The van der Waals surface area contributed by atoms with Gasteiger partial charge in [-0.2, -0.15) is 0 Å². The van der Waals surface area contributed by atoms with Crippen molar-refractivity contribution in [2.75, 3.05) is 13.7 Å². The second-order valence-electron chi connectivity index (χ2n) is 4.97. The van der Waals surface area contributed by atoms with Crippen LogP contribution in [-0.2, 0) is 23.8 Å². The molecule has 5 heteroatoms. The van der Waals surface area contributed by atoms with E-state index in [2.05, 4.69) is 0 Å². The Kier molecular flexibility index (Phi) is 2.40. The normalized spacial score (nSPS) is 46.1. The second-order valence-corrected chi connectivity index (χ2v) is 4.97. The number of hydrogen-bond donors (Lipinski definition) is 0. The van der Waals surface area contributed by atoms with Crippen LogP contribution < -0.4 is 0 Å². The zero-order valence-electron chi connectivity index (χ0n) is 9.92. The van der Waals surface area contributed by atoms with Crippen molar-refractivity contribution in [1.82, 2.24) is 0 Å². The molecule has 0 aromatic heterocycles. The second kappa shape index (κ2) is 3.70. The summed E-state index contributed by atoms with van der Waals surface area (Å²) in [5.74, 6) is -0.964. The number of carbonyl (C=O) groups excluding carboxylic acids is 2. The number of esters is 2. The first-order valence-electron chi connectivity index (χ1n) is 6.09. The quantitative estimate of drug-likeness (QED) is 0.667. The molecule has 1 heterocycles. The number of fused-ring (bicyclic) bond motifs is 1. The van der Waals surface area contributed by atoms with Crippen LogP contribution in [0.4, 0.5) is 0 Å². The van der Waals surface area contributed by atoms with Crippen molar-refractivity contribution in [3.8, 4) is 0 Å². The third-order valence-electron chi connectivity index (χ3n) is 4.38. The Balaban J connectivity index is 1.90. The molecule has 1 aliphatic heterocycles. The third kappa shape index (κ3) is 1.29. The van der Waals surface area contributed by atoms with Gasteiger partial charge in [0.1, 0.15) is 6.10 Å². The molecule has 3 rings (SSSR count). The molecule has 17 heavy (non-hydrogen) atoms. The summed E-state index contributed by atoms with van der Waals surface area (Å²) in [6.45, 7) is 2.12. The summed E-state index contributed by atoms with van der Waals surface area (Å²) in [6.07, 6.45) is 0.550. The highest BCUT2D eigenvalue weighted by Crippen LogP contribution is 2.58. The molecule has 6 unspecified atom stereocenters. The minimum absolute atomic E-state index is 0.0745. The average Bonchev–Trinajstić information content (AvgIpc) is 2.88. The first kappa shape index (κ1) is 11.0. The first-order chi connectivity index (χ1) is 8.19. The molecule has 2 aliphatic carbocycles. The van der Waals surface area contributed by atoms with Crippen LogP contribution in [0.2, 0.25) is 0 Å². The molecule has 3 fully saturated rings. The lowest BCUT2D eigenvalue weighted by atomic mass is 9.78. The highest BCUT2D eigenvalue weighted by molar-refractivity contribution is 5.86. The summed E-state index contributed by atoms with van der Waals surface area (Å²) in [7, 11) is 1.61. The number of ether oxygens (including phenoxy) is 3. The van der Waals surface area contributed by atoms with Gasteiger partial charge in [0, 0.05) is 18.9 Å². The van der Waals surface area contributed by atoms with E-state index >= 15 is 0 Å². The highest BCUT2D eigenvalue weighted by Gasteiger charge is 2.69. The molecule has 94 valence electrons. The van der Waals surface area contributed by atoms with E-state index in [9.17, 15) is 9.59 Å². The third-order valence-corrected chi connectivity index (χ3v) is 4.38. The van der Waals surface area contributed by atoms with Crippen molar-refractivity contribution in [2.45, 2.75) is 25.6 Å². The molecule has 5 nitrogen and oxygen atoms in total. The van der Waals surface area contributed by atoms with Crippen LogP contribution in [0.5, 0.6) is 0 Å². The Morgan fingerprint density at radius 3 is 2.88 bits per heavy atom. The van der Waals surface area contributed by atoms with Crippen molar-refractivity contribution < 1.29 is 23.8 Å². The summed E-state index contributed by atoms with van der Waals surface area (Å²) < 4.78 is 15.8. The van der Waals surface area contributed by atoms with Gasteiger partial charge in [0.15, 0.2) is 0 Å². The fourth-order valence-electron chi connectivity index (χ4n) is 3.86. The Bertz CT molecular complexity index is 366. The Hall–Kier alpha value is -1.10. The van der Waals surface area contributed by atoms with Crippen LogP contribution in [0.1, 0.15) is 13.3 Å². The maximum Gasteiger partial charge on any atom is 0.310 e. The van der Waals surface area contributed by atoms with E-state index in [-0.39, 0.29) is 47.8 Å². The summed E-state index contributed by atoms with van der Waals surface area (Å²) in [5.41, 5.74) is 0.